The number of benzene rings is 1. The van der Waals surface area contributed by atoms with E-state index in [1.807, 2.05) is 0 Å². The van der Waals surface area contributed by atoms with Crippen LogP contribution in [0.5, 0.6) is 0 Å². The molecule has 0 saturated heterocycles. The van der Waals surface area contributed by atoms with Gasteiger partial charge < -0.3 is 5.21 Å². The normalized spacial score (nSPS) is 13.1. The topological polar surface area (TPSA) is 47.7 Å². The van der Waals surface area contributed by atoms with Crippen LogP contribution in [-0.4, -0.2) is 5.21 Å². The molecule has 1 rings (SSSR count). The summed E-state index contributed by atoms with van der Waals surface area (Å²) in [5, 5.41) is 17.4. The van der Waals surface area contributed by atoms with Gasteiger partial charge in [-0.2, -0.15) is 5.23 Å². The van der Waals surface area contributed by atoms with E-state index in [9.17, 15) is 9.60 Å². The summed E-state index contributed by atoms with van der Waals surface area (Å²) in [5.74, 6) is -0.528. The third-order valence-electron chi connectivity index (χ3n) is 1.07. The maximum Gasteiger partial charge on any atom is 0.166 e. The van der Waals surface area contributed by atoms with Crippen LogP contribution < -0.4 is 5.23 Å². The summed E-state index contributed by atoms with van der Waals surface area (Å²) in [6.07, 6.45) is 0. The molecule has 10 heavy (non-hydrogen) atoms. The van der Waals surface area contributed by atoms with E-state index in [1.54, 1.807) is 0 Å². The maximum absolute atomic E-state index is 12.3. The van der Waals surface area contributed by atoms with Crippen molar-refractivity contribution in [1.82, 2.24) is 0 Å². The van der Waals surface area contributed by atoms with Crippen molar-refractivity contribution in [1.29, 1.82) is 0 Å². The summed E-state index contributed by atoms with van der Waals surface area (Å²) in [6.45, 7) is 0. The van der Waals surface area contributed by atoms with Crippen LogP contribution in [0.25, 0.3) is 0 Å². The van der Waals surface area contributed by atoms with Gasteiger partial charge in [0.15, 0.2) is 5.69 Å². The number of hydrogen-bond acceptors (Lipinski definition) is 2. The second kappa shape index (κ2) is 2.74. The summed E-state index contributed by atoms with van der Waals surface area (Å²) < 4.78 is 12.3. The summed E-state index contributed by atoms with van der Waals surface area (Å²) in [7, 11) is 0. The number of rotatable bonds is 1. The molecule has 4 heteroatoms. The zero-order valence-electron chi connectivity index (χ0n) is 5.04. The van der Waals surface area contributed by atoms with Gasteiger partial charge in [0.2, 0.25) is 0 Å². The van der Waals surface area contributed by atoms with E-state index in [0.29, 0.717) is 0 Å². The molecule has 0 heterocycles. The molecule has 0 radical (unpaired) electrons. The third kappa shape index (κ3) is 1.51. The first kappa shape index (κ1) is 7.14. The maximum atomic E-state index is 12.3. The Morgan fingerprint density at radius 2 is 2.20 bits per heavy atom. The van der Waals surface area contributed by atoms with Crippen molar-refractivity contribution < 1.29 is 14.8 Å². The molecule has 0 bridgehead atoms. The van der Waals surface area contributed by atoms with Crippen molar-refractivity contribution in [3.05, 3.63) is 35.3 Å². The van der Waals surface area contributed by atoms with E-state index in [-0.39, 0.29) is 5.69 Å². The molecule has 0 aliphatic heterocycles. The molecule has 54 valence electrons. The fraction of sp³-hybridized carbons (Fsp3) is 0. The lowest BCUT2D eigenvalue weighted by molar-refractivity contribution is -0.991. The van der Waals surface area contributed by atoms with Gasteiger partial charge in [0.1, 0.15) is 5.82 Å². The first-order valence-corrected chi connectivity index (χ1v) is 2.69. The zero-order valence-corrected chi connectivity index (χ0v) is 5.04. The van der Waals surface area contributed by atoms with Crippen molar-refractivity contribution in [3.8, 4) is 0 Å². The molecule has 2 N–H and O–H groups in total. The van der Waals surface area contributed by atoms with Crippen LogP contribution in [0.3, 0.4) is 0 Å². The number of hydrogen-bond donors (Lipinski definition) is 2. The molecule has 1 unspecified atom stereocenters. The highest BCUT2D eigenvalue weighted by atomic mass is 19.1. The van der Waals surface area contributed by atoms with Gasteiger partial charge in [-0.05, 0) is 6.07 Å². The van der Waals surface area contributed by atoms with Gasteiger partial charge in [-0.15, -0.1) is 0 Å². The van der Waals surface area contributed by atoms with Crippen LogP contribution >= 0.6 is 0 Å². The second-order valence-corrected chi connectivity index (χ2v) is 1.82. The van der Waals surface area contributed by atoms with Crippen LogP contribution in [0.1, 0.15) is 0 Å². The Morgan fingerprint density at radius 1 is 1.50 bits per heavy atom. The summed E-state index contributed by atoms with van der Waals surface area (Å²) >= 11 is 0. The van der Waals surface area contributed by atoms with Gasteiger partial charge in [-0.3, -0.25) is 0 Å². The van der Waals surface area contributed by atoms with E-state index in [4.69, 9.17) is 5.21 Å². The van der Waals surface area contributed by atoms with Crippen molar-refractivity contribution in [3.63, 3.8) is 0 Å². The van der Waals surface area contributed by atoms with Gasteiger partial charge in [0, 0.05) is 12.1 Å². The Hall–Kier alpha value is -0.970. The van der Waals surface area contributed by atoms with Gasteiger partial charge in [0.05, 0.1) is 0 Å². The van der Waals surface area contributed by atoms with Crippen molar-refractivity contribution in [2.75, 3.05) is 0 Å². The highest BCUT2D eigenvalue weighted by Gasteiger charge is 1.98. The Labute approximate surface area is 56.9 Å². The monoisotopic (exact) mass is 143 g/mol. The smallest absolute Gasteiger partial charge is 0.166 e. The molecule has 0 amide bonds. The Kier molecular flexibility index (Phi) is 1.96. The average molecular weight is 143 g/mol. The molecule has 1 aromatic rings. The number of halogens is 1. The van der Waals surface area contributed by atoms with E-state index in [2.05, 4.69) is 0 Å². The lowest BCUT2D eigenvalue weighted by Gasteiger charge is -2.10. The van der Waals surface area contributed by atoms with Crippen LogP contribution in [0.15, 0.2) is 24.3 Å². The predicted molar refractivity (Wildman–Crippen MR) is 32.2 cm³/mol. The SMILES string of the molecule is [O-][NH+](O)c1cccc(F)c1. The van der Waals surface area contributed by atoms with E-state index in [1.165, 1.54) is 18.2 Å². The van der Waals surface area contributed by atoms with Crippen molar-refractivity contribution in [2.45, 2.75) is 0 Å². The summed E-state index contributed by atoms with van der Waals surface area (Å²) in [4.78, 5) is 0. The molecular weight excluding hydrogens is 137 g/mol. The molecule has 1 atom stereocenters. The Bertz CT molecular complexity index is 227. The van der Waals surface area contributed by atoms with Gasteiger partial charge in [-0.25, -0.2) is 9.60 Å². The van der Waals surface area contributed by atoms with E-state index >= 15 is 0 Å². The van der Waals surface area contributed by atoms with Crippen molar-refractivity contribution in [2.24, 2.45) is 0 Å². The zero-order chi connectivity index (χ0) is 7.56. The predicted octanol–water partition coefficient (Wildman–Crippen LogP) is 0.229. The fourth-order valence-electron chi connectivity index (χ4n) is 0.622. The van der Waals surface area contributed by atoms with Crippen LogP contribution in [0.4, 0.5) is 10.1 Å². The summed E-state index contributed by atoms with van der Waals surface area (Å²) in [5.41, 5.74) is -0.0278. The highest BCUT2D eigenvalue weighted by molar-refractivity contribution is 5.28. The first-order valence-electron chi connectivity index (χ1n) is 2.69. The van der Waals surface area contributed by atoms with Gasteiger partial charge in [0.25, 0.3) is 0 Å². The van der Waals surface area contributed by atoms with Gasteiger partial charge in [-0.1, -0.05) is 6.07 Å². The minimum absolute atomic E-state index is 0.0278. The molecule has 0 aliphatic rings. The highest BCUT2D eigenvalue weighted by Crippen LogP contribution is 2.02. The Morgan fingerprint density at radius 3 is 2.60 bits per heavy atom. The quantitative estimate of drug-likeness (QED) is 0.553. The summed E-state index contributed by atoms with van der Waals surface area (Å²) in [6, 6.07) is 4.87. The minimum Gasteiger partial charge on any atom is -0.595 e. The number of quaternary nitrogens is 1. The first-order chi connectivity index (χ1) is 4.70. The fourth-order valence-corrected chi connectivity index (χ4v) is 0.622. The lowest BCUT2D eigenvalue weighted by atomic mass is 10.3. The van der Waals surface area contributed by atoms with E-state index in [0.717, 1.165) is 6.07 Å². The minimum atomic E-state index is -1.11. The molecule has 0 spiro atoms. The van der Waals surface area contributed by atoms with Crippen LogP contribution in [-0.2, 0) is 0 Å². The van der Waals surface area contributed by atoms with Crippen molar-refractivity contribution >= 4 is 5.69 Å². The number of nitrogens with one attached hydrogen (secondary N) is 1. The molecule has 1 aromatic carbocycles. The molecule has 0 aromatic heterocycles. The van der Waals surface area contributed by atoms with Crippen LogP contribution in [0.2, 0.25) is 0 Å². The Balaban J connectivity index is 2.96. The van der Waals surface area contributed by atoms with E-state index < -0.39 is 11.0 Å². The molecule has 0 saturated carbocycles. The molecule has 0 fully saturated rings. The van der Waals surface area contributed by atoms with Gasteiger partial charge >= 0.3 is 0 Å². The largest absolute Gasteiger partial charge is 0.595 e. The molecule has 3 nitrogen and oxygen atoms in total. The molecular formula is C6H6FNO2. The third-order valence-corrected chi connectivity index (χ3v) is 1.07. The lowest BCUT2D eigenvalue weighted by Crippen LogP contribution is -2.99. The average Bonchev–Trinajstić information content (AvgIpc) is 1.88. The van der Waals surface area contributed by atoms with Crippen LogP contribution in [0, 0.1) is 11.0 Å². The second-order valence-electron chi connectivity index (χ2n) is 1.82. The standard InChI is InChI=1S/C6H6FNO2/c7-5-2-1-3-6(4-5)8(9)10/h1-4,8-9H. The molecule has 0 aliphatic carbocycles.